The minimum absolute atomic E-state index is 0.301. The van der Waals surface area contributed by atoms with E-state index < -0.39 is 0 Å². The summed E-state index contributed by atoms with van der Waals surface area (Å²) in [7, 11) is 0. The molecule has 0 spiro atoms. The minimum Gasteiger partial charge on any atom is -0.304 e. The van der Waals surface area contributed by atoms with E-state index in [1.807, 2.05) is 12.3 Å². The molecule has 0 aliphatic carbocycles. The normalized spacial score (nSPS) is 10.4. The Hall–Kier alpha value is -1.05. The molecule has 0 fully saturated rings. The van der Waals surface area contributed by atoms with E-state index in [0.717, 1.165) is 10.2 Å². The van der Waals surface area contributed by atoms with Crippen LogP contribution >= 0.6 is 27.5 Å². The Morgan fingerprint density at radius 1 is 1.57 bits per heavy atom. The zero-order chi connectivity index (χ0) is 10.1. The Balaban J connectivity index is 2.66. The molecule has 0 saturated heterocycles. The highest BCUT2D eigenvalue weighted by Gasteiger charge is 2.05. The number of aromatic nitrogens is 2. The average Bonchev–Trinajstić information content (AvgIpc) is 2.48. The number of fused-ring (bicyclic) bond motifs is 1. The molecule has 3 nitrogen and oxygen atoms in total. The Bertz CT molecular complexity index is 527. The van der Waals surface area contributed by atoms with Crippen LogP contribution in [0.3, 0.4) is 0 Å². The summed E-state index contributed by atoms with van der Waals surface area (Å²) in [5.74, 6) is 0. The van der Waals surface area contributed by atoms with Gasteiger partial charge in [0.05, 0.1) is 23.2 Å². The summed E-state index contributed by atoms with van der Waals surface area (Å²) < 4.78 is 2.69. The van der Waals surface area contributed by atoms with Gasteiger partial charge in [0, 0.05) is 16.9 Å². The number of rotatable bonds is 1. The third kappa shape index (κ3) is 1.61. The van der Waals surface area contributed by atoms with E-state index in [2.05, 4.69) is 20.9 Å². The van der Waals surface area contributed by atoms with Crippen LogP contribution in [0.1, 0.15) is 5.69 Å². The van der Waals surface area contributed by atoms with Crippen molar-refractivity contribution in [3.63, 3.8) is 0 Å². The lowest BCUT2D eigenvalue weighted by Gasteiger charge is -1.96. The number of nitrogens with zero attached hydrogens (tertiary/aromatic N) is 3. The van der Waals surface area contributed by atoms with Gasteiger partial charge >= 0.3 is 0 Å². The van der Waals surface area contributed by atoms with Crippen molar-refractivity contribution >= 4 is 33.2 Å². The predicted octanol–water partition coefficient (Wildman–Crippen LogP) is 2.82. The van der Waals surface area contributed by atoms with Gasteiger partial charge in [0.2, 0.25) is 0 Å². The second kappa shape index (κ2) is 3.60. The monoisotopic (exact) mass is 269 g/mol. The van der Waals surface area contributed by atoms with Crippen LogP contribution in [0.25, 0.3) is 5.65 Å². The molecule has 2 aromatic heterocycles. The van der Waals surface area contributed by atoms with Crippen molar-refractivity contribution in [2.24, 2.45) is 0 Å². The first-order valence-corrected chi connectivity index (χ1v) is 5.07. The first-order chi connectivity index (χ1) is 6.70. The maximum absolute atomic E-state index is 8.53. The molecule has 0 N–H and O–H groups in total. The standard InChI is InChI=1S/C9H5BrClN3/c10-6-3-8(11)9-13-7(1-2-12)5-14(9)4-6/h3-5H,1H2. The number of halogens is 2. The lowest BCUT2D eigenvalue weighted by atomic mass is 10.4. The van der Waals surface area contributed by atoms with Gasteiger partial charge in [-0.1, -0.05) is 11.6 Å². The fourth-order valence-electron chi connectivity index (χ4n) is 1.24. The fraction of sp³-hybridized carbons (Fsp3) is 0.111. The van der Waals surface area contributed by atoms with Gasteiger partial charge < -0.3 is 4.40 Å². The molecule has 0 saturated carbocycles. The van der Waals surface area contributed by atoms with Crippen LogP contribution in [-0.2, 0) is 6.42 Å². The van der Waals surface area contributed by atoms with Gasteiger partial charge in [-0.2, -0.15) is 5.26 Å². The molecule has 2 aromatic rings. The van der Waals surface area contributed by atoms with Gasteiger partial charge in [-0.3, -0.25) is 0 Å². The van der Waals surface area contributed by atoms with Crippen LogP contribution in [0.5, 0.6) is 0 Å². The molecule has 0 atom stereocenters. The maximum atomic E-state index is 8.53. The molecule has 2 rings (SSSR count). The van der Waals surface area contributed by atoms with Crippen LogP contribution in [-0.4, -0.2) is 9.38 Å². The Kier molecular flexibility index (Phi) is 2.44. The highest BCUT2D eigenvalue weighted by molar-refractivity contribution is 9.10. The molecule has 0 bridgehead atoms. The van der Waals surface area contributed by atoms with Crippen molar-refractivity contribution in [3.8, 4) is 6.07 Å². The van der Waals surface area contributed by atoms with E-state index in [1.54, 1.807) is 16.7 Å². The molecule has 0 unspecified atom stereocenters. The first kappa shape index (κ1) is 9.50. The first-order valence-electron chi connectivity index (χ1n) is 3.90. The van der Waals surface area contributed by atoms with E-state index >= 15 is 0 Å². The average molecular weight is 271 g/mol. The van der Waals surface area contributed by atoms with Gasteiger partial charge in [0.25, 0.3) is 0 Å². The van der Waals surface area contributed by atoms with Crippen LogP contribution < -0.4 is 0 Å². The second-order valence-corrected chi connectivity index (χ2v) is 4.13. The number of imidazole rings is 1. The van der Waals surface area contributed by atoms with Crippen LogP contribution in [0.15, 0.2) is 22.9 Å². The fourth-order valence-corrected chi connectivity index (χ4v) is 2.08. The molecule has 0 radical (unpaired) electrons. The molecular formula is C9H5BrClN3. The van der Waals surface area contributed by atoms with Crippen LogP contribution in [0.2, 0.25) is 5.02 Å². The van der Waals surface area contributed by atoms with E-state index in [-0.39, 0.29) is 0 Å². The van der Waals surface area contributed by atoms with Gasteiger partial charge in [0.1, 0.15) is 0 Å². The number of nitriles is 1. The summed E-state index contributed by atoms with van der Waals surface area (Å²) in [6, 6.07) is 3.83. The lowest BCUT2D eigenvalue weighted by molar-refractivity contribution is 1.15. The zero-order valence-corrected chi connectivity index (χ0v) is 9.38. The van der Waals surface area contributed by atoms with E-state index in [4.69, 9.17) is 16.9 Å². The highest BCUT2D eigenvalue weighted by Crippen LogP contribution is 2.22. The van der Waals surface area contributed by atoms with Gasteiger partial charge in [0.15, 0.2) is 5.65 Å². The quantitative estimate of drug-likeness (QED) is 0.799. The molecule has 0 aliphatic heterocycles. The van der Waals surface area contributed by atoms with Crippen molar-refractivity contribution in [3.05, 3.63) is 33.6 Å². The summed E-state index contributed by atoms with van der Waals surface area (Å²) in [5, 5.41) is 9.10. The van der Waals surface area contributed by atoms with Crippen molar-refractivity contribution in [2.45, 2.75) is 6.42 Å². The molecule has 70 valence electrons. The predicted molar refractivity (Wildman–Crippen MR) is 57.2 cm³/mol. The van der Waals surface area contributed by atoms with Crippen molar-refractivity contribution in [2.75, 3.05) is 0 Å². The largest absolute Gasteiger partial charge is 0.304 e. The summed E-state index contributed by atoms with van der Waals surface area (Å²) in [6.07, 6.45) is 3.96. The van der Waals surface area contributed by atoms with E-state index in [1.165, 1.54) is 0 Å². The molecule has 0 amide bonds. The smallest absolute Gasteiger partial charge is 0.155 e. The summed E-state index contributed by atoms with van der Waals surface area (Å²) in [4.78, 5) is 4.23. The molecular weight excluding hydrogens is 265 g/mol. The van der Waals surface area contributed by atoms with Gasteiger partial charge in [-0.25, -0.2) is 4.98 Å². The van der Waals surface area contributed by atoms with Gasteiger partial charge in [-0.05, 0) is 22.0 Å². The Labute approximate surface area is 94.1 Å². The molecule has 0 aliphatic rings. The topological polar surface area (TPSA) is 41.1 Å². The maximum Gasteiger partial charge on any atom is 0.155 e. The molecule has 2 heterocycles. The van der Waals surface area contributed by atoms with Gasteiger partial charge in [-0.15, -0.1) is 0 Å². The number of hydrogen-bond acceptors (Lipinski definition) is 2. The Morgan fingerprint density at radius 3 is 3.07 bits per heavy atom. The minimum atomic E-state index is 0.301. The third-order valence-corrected chi connectivity index (χ3v) is 2.49. The molecule has 0 aromatic carbocycles. The van der Waals surface area contributed by atoms with Crippen molar-refractivity contribution < 1.29 is 0 Å². The molecule has 5 heteroatoms. The zero-order valence-electron chi connectivity index (χ0n) is 7.04. The van der Waals surface area contributed by atoms with E-state index in [9.17, 15) is 0 Å². The highest BCUT2D eigenvalue weighted by atomic mass is 79.9. The summed E-state index contributed by atoms with van der Waals surface area (Å²) >= 11 is 9.31. The van der Waals surface area contributed by atoms with E-state index in [0.29, 0.717) is 17.1 Å². The second-order valence-electron chi connectivity index (χ2n) is 2.80. The SMILES string of the molecule is N#CCc1cn2cc(Br)cc(Cl)c2n1. The third-order valence-electron chi connectivity index (χ3n) is 1.78. The number of pyridine rings is 1. The number of hydrogen-bond donors (Lipinski definition) is 0. The lowest BCUT2D eigenvalue weighted by Crippen LogP contribution is -1.83. The molecule has 14 heavy (non-hydrogen) atoms. The summed E-state index contributed by atoms with van der Waals surface area (Å²) in [6.45, 7) is 0. The summed E-state index contributed by atoms with van der Waals surface area (Å²) in [5.41, 5.74) is 1.41. The van der Waals surface area contributed by atoms with Crippen LogP contribution in [0.4, 0.5) is 0 Å². The van der Waals surface area contributed by atoms with Crippen molar-refractivity contribution in [1.29, 1.82) is 5.26 Å². The van der Waals surface area contributed by atoms with Crippen molar-refractivity contribution in [1.82, 2.24) is 9.38 Å². The van der Waals surface area contributed by atoms with Crippen LogP contribution in [0, 0.1) is 11.3 Å². The Morgan fingerprint density at radius 2 is 2.36 bits per heavy atom.